The summed E-state index contributed by atoms with van der Waals surface area (Å²) < 4.78 is 47.5. The molecule has 312 valence electrons. The van der Waals surface area contributed by atoms with Crippen molar-refractivity contribution in [3.8, 4) is 29.7 Å². The number of terminal acetylenes is 1. The van der Waals surface area contributed by atoms with Crippen LogP contribution in [0.4, 0.5) is 5.69 Å². The number of fused-ring (bicyclic) bond motifs is 1. The van der Waals surface area contributed by atoms with Gasteiger partial charge in [0.1, 0.15) is 17.1 Å². The molecule has 0 unspecified atom stereocenters. The number of sulfonamides is 1. The highest BCUT2D eigenvalue weighted by Crippen LogP contribution is 2.43. The topological polar surface area (TPSA) is 139 Å². The van der Waals surface area contributed by atoms with Crippen LogP contribution >= 0.6 is 11.6 Å². The fraction of sp³-hybridized carbons (Fsp3) is 0.370. The number of ether oxygens (including phenoxy) is 3. The van der Waals surface area contributed by atoms with E-state index >= 15 is 0 Å². The predicted octanol–water partition coefficient (Wildman–Crippen LogP) is 8.19. The molecule has 2 saturated heterocycles. The number of aromatic amines is 1. The number of carbonyl (C=O) groups excluding carboxylic acids is 1. The average Bonchev–Trinajstić information content (AvgIpc) is 3.72. The Balaban J connectivity index is 1.04. The van der Waals surface area contributed by atoms with E-state index in [-0.39, 0.29) is 33.4 Å². The van der Waals surface area contributed by atoms with E-state index in [2.05, 4.69) is 61.4 Å². The van der Waals surface area contributed by atoms with E-state index in [1.54, 1.807) is 30.6 Å². The van der Waals surface area contributed by atoms with Crippen LogP contribution in [0.25, 0.3) is 16.6 Å². The van der Waals surface area contributed by atoms with Gasteiger partial charge in [0.25, 0.3) is 15.9 Å². The molecule has 1 aliphatic carbocycles. The second-order valence-corrected chi connectivity index (χ2v) is 18.5. The van der Waals surface area contributed by atoms with E-state index in [0.717, 1.165) is 68.1 Å². The molecule has 12 nitrogen and oxygen atoms in total. The Morgan fingerprint density at radius 2 is 1.83 bits per heavy atom. The smallest absolute Gasteiger partial charge is 0.269 e. The number of methoxy groups -OCH3 is 1. The molecule has 2 N–H and O–H groups in total. The third kappa shape index (κ3) is 9.02. The Hall–Kier alpha value is -5.39. The monoisotopic (exact) mass is 848 g/mol. The summed E-state index contributed by atoms with van der Waals surface area (Å²) in [6.07, 6.45) is 13.8. The van der Waals surface area contributed by atoms with Crippen molar-refractivity contribution in [2.75, 3.05) is 57.9 Å². The Bertz CT molecular complexity index is 2590. The van der Waals surface area contributed by atoms with Crippen LogP contribution in [-0.4, -0.2) is 87.2 Å². The van der Waals surface area contributed by atoms with Gasteiger partial charge >= 0.3 is 0 Å². The number of aromatic nitrogens is 3. The number of H-pyrrole nitrogens is 1. The zero-order valence-corrected chi connectivity index (χ0v) is 35.7. The van der Waals surface area contributed by atoms with Crippen molar-refractivity contribution in [3.63, 3.8) is 0 Å². The molecule has 8 rings (SSSR count). The number of halogens is 1. The first-order valence-corrected chi connectivity index (χ1v) is 22.2. The van der Waals surface area contributed by atoms with Crippen LogP contribution in [0.2, 0.25) is 5.02 Å². The number of hydrogen-bond donors (Lipinski definition) is 2. The third-order valence-electron chi connectivity index (χ3n) is 11.8. The van der Waals surface area contributed by atoms with Gasteiger partial charge in [-0.05, 0) is 91.1 Å². The number of rotatable bonds is 11. The first-order chi connectivity index (χ1) is 28.9. The molecule has 0 saturated carbocycles. The summed E-state index contributed by atoms with van der Waals surface area (Å²) in [7, 11) is -3.19. The molecule has 2 fully saturated rings. The van der Waals surface area contributed by atoms with Crippen LogP contribution in [0.1, 0.15) is 79.0 Å². The highest BCUT2D eigenvalue weighted by Gasteiger charge is 2.32. The van der Waals surface area contributed by atoms with Crippen molar-refractivity contribution in [2.45, 2.75) is 56.8 Å². The molecular formula is C46H49ClN6O6S. The van der Waals surface area contributed by atoms with E-state index in [9.17, 15) is 13.2 Å². The minimum atomic E-state index is -4.53. The van der Waals surface area contributed by atoms with Gasteiger partial charge in [-0.1, -0.05) is 49.1 Å². The molecule has 3 aliphatic rings. The molecule has 2 aliphatic heterocycles. The van der Waals surface area contributed by atoms with Crippen LogP contribution in [0.3, 0.4) is 0 Å². The Labute approximate surface area is 356 Å². The van der Waals surface area contributed by atoms with Gasteiger partial charge in [-0.25, -0.2) is 23.1 Å². The second kappa shape index (κ2) is 17.3. The van der Waals surface area contributed by atoms with Crippen molar-refractivity contribution in [1.82, 2.24) is 24.6 Å². The predicted molar refractivity (Wildman–Crippen MR) is 233 cm³/mol. The Kier molecular flexibility index (Phi) is 11.9. The maximum atomic E-state index is 14.1. The maximum absolute atomic E-state index is 14.1. The maximum Gasteiger partial charge on any atom is 0.269 e. The van der Waals surface area contributed by atoms with Crippen molar-refractivity contribution in [3.05, 3.63) is 106 Å². The average molecular weight is 849 g/mol. The van der Waals surface area contributed by atoms with Crippen LogP contribution in [0.5, 0.6) is 17.4 Å². The van der Waals surface area contributed by atoms with E-state index in [1.165, 1.54) is 29.9 Å². The number of piperazine rings is 1. The Morgan fingerprint density at radius 1 is 1.07 bits per heavy atom. The lowest BCUT2D eigenvalue weighted by Crippen LogP contribution is -2.47. The Morgan fingerprint density at radius 3 is 2.57 bits per heavy atom. The number of amides is 1. The standard InChI is InChI=1S/C46H49ClN6O6S/c1-5-30-25-41(45(57-4)50-42(30)32-14-22-58-23-15-32)60(55,56)51-44(54)38-11-10-36(26-40(38)59-37-24-33-13-17-48-43(33)49-28-37)53-20-18-52(19-21-53)29-34-12-16-46(2,3)27-39(34)31-6-8-35(47)9-7-31/h1,6-11,13,17,24-26,28,32H,12,14-16,18-23,27,29H2,2-4H3,(H,48,49)(H,51,54). The summed E-state index contributed by atoms with van der Waals surface area (Å²) in [4.78, 5) is 30.5. The lowest BCUT2D eigenvalue weighted by Gasteiger charge is -2.39. The lowest BCUT2D eigenvalue weighted by molar-refractivity contribution is 0.0843. The van der Waals surface area contributed by atoms with Gasteiger partial charge in [-0.15, -0.1) is 6.42 Å². The summed E-state index contributed by atoms with van der Waals surface area (Å²) in [5.74, 6) is 2.08. The highest BCUT2D eigenvalue weighted by atomic mass is 35.5. The molecule has 14 heteroatoms. The number of hydrogen-bond acceptors (Lipinski definition) is 10. The van der Waals surface area contributed by atoms with Crippen LogP contribution < -0.4 is 19.1 Å². The quantitative estimate of drug-likeness (QED) is 0.125. The van der Waals surface area contributed by atoms with E-state index in [0.29, 0.717) is 48.7 Å². The SMILES string of the molecule is C#Cc1cc(S(=O)(=O)NC(=O)c2ccc(N3CCN(CC4=C(c5ccc(Cl)cc5)CC(C)(C)CC4)CC3)cc2Oc2cnc3[nH]ccc3c2)c(OC)nc1C1CCOCC1. The van der Waals surface area contributed by atoms with Crippen molar-refractivity contribution in [2.24, 2.45) is 5.41 Å². The minimum absolute atomic E-state index is 0.0129. The van der Waals surface area contributed by atoms with Gasteiger partial charge < -0.3 is 24.1 Å². The fourth-order valence-corrected chi connectivity index (χ4v) is 9.66. The van der Waals surface area contributed by atoms with E-state index in [4.69, 9.17) is 32.2 Å². The second-order valence-electron chi connectivity index (χ2n) is 16.5. The number of benzene rings is 2. The largest absolute Gasteiger partial charge is 0.480 e. The molecule has 3 aromatic heterocycles. The van der Waals surface area contributed by atoms with Crippen molar-refractivity contribution in [1.29, 1.82) is 0 Å². The molecular weight excluding hydrogens is 800 g/mol. The van der Waals surface area contributed by atoms with Crippen LogP contribution in [-0.2, 0) is 14.8 Å². The summed E-state index contributed by atoms with van der Waals surface area (Å²) in [6, 6.07) is 18.4. The van der Waals surface area contributed by atoms with Crippen molar-refractivity contribution >= 4 is 49.8 Å². The molecule has 0 radical (unpaired) electrons. The molecule has 2 aromatic carbocycles. The highest BCUT2D eigenvalue weighted by molar-refractivity contribution is 7.90. The molecule has 0 bridgehead atoms. The lowest BCUT2D eigenvalue weighted by atomic mass is 9.72. The zero-order valence-electron chi connectivity index (χ0n) is 34.1. The summed E-state index contributed by atoms with van der Waals surface area (Å²) in [5.41, 5.74) is 6.81. The van der Waals surface area contributed by atoms with Crippen LogP contribution in [0.15, 0.2) is 83.5 Å². The molecule has 5 aromatic rings. The fourth-order valence-electron chi connectivity index (χ4n) is 8.44. The first kappa shape index (κ1) is 41.3. The molecule has 60 heavy (non-hydrogen) atoms. The first-order valence-electron chi connectivity index (χ1n) is 20.3. The van der Waals surface area contributed by atoms with Crippen molar-refractivity contribution < 1.29 is 27.4 Å². The zero-order chi connectivity index (χ0) is 42.0. The third-order valence-corrected chi connectivity index (χ3v) is 13.4. The van der Waals surface area contributed by atoms with Gasteiger partial charge in [-0.3, -0.25) is 9.69 Å². The summed E-state index contributed by atoms with van der Waals surface area (Å²) in [6.45, 7) is 9.87. The number of allylic oxidation sites excluding steroid dienone is 1. The molecule has 5 heterocycles. The molecule has 1 amide bonds. The van der Waals surface area contributed by atoms with Gasteiger partial charge in [0.2, 0.25) is 5.88 Å². The summed E-state index contributed by atoms with van der Waals surface area (Å²) in [5, 5.41) is 1.55. The van der Waals surface area contributed by atoms with Gasteiger partial charge in [0.05, 0.1) is 24.6 Å². The normalized spacial score (nSPS) is 17.7. The number of anilines is 1. The van der Waals surface area contributed by atoms with E-state index in [1.807, 2.05) is 24.3 Å². The van der Waals surface area contributed by atoms with Gasteiger partial charge in [-0.2, -0.15) is 0 Å². The number of nitrogens with one attached hydrogen (secondary N) is 2. The molecule has 0 spiro atoms. The number of nitrogens with zero attached hydrogens (tertiary/aromatic N) is 4. The van der Waals surface area contributed by atoms with Gasteiger partial charge in [0.15, 0.2) is 4.90 Å². The number of pyridine rings is 2. The van der Waals surface area contributed by atoms with Crippen LogP contribution in [0, 0.1) is 17.8 Å². The summed E-state index contributed by atoms with van der Waals surface area (Å²) >= 11 is 6.25. The van der Waals surface area contributed by atoms with Gasteiger partial charge in [0, 0.05) is 85.8 Å². The molecule has 0 atom stereocenters. The van der Waals surface area contributed by atoms with E-state index < -0.39 is 15.9 Å². The minimum Gasteiger partial charge on any atom is -0.480 e. The number of carbonyl (C=O) groups is 1.